The van der Waals surface area contributed by atoms with Crippen molar-refractivity contribution in [2.45, 2.75) is 0 Å². The molecule has 0 spiro atoms. The highest BCUT2D eigenvalue weighted by Gasteiger charge is 2.09. The Morgan fingerprint density at radius 2 is 1.67 bits per heavy atom. The fourth-order valence-electron chi connectivity index (χ4n) is 0.610. The molecular weight excluding hydrogens is 203 g/mol. The second-order valence-corrected chi connectivity index (χ2v) is 2.48. The van der Waals surface area contributed by atoms with E-state index in [2.05, 4.69) is 13.2 Å². The van der Waals surface area contributed by atoms with Crippen LogP contribution in [0.15, 0.2) is 48.4 Å². The summed E-state index contributed by atoms with van der Waals surface area (Å²) in [7, 11) is 0. The fourth-order valence-corrected chi connectivity index (χ4v) is 0.610. The molecule has 0 radical (unpaired) electrons. The molecule has 15 heavy (non-hydrogen) atoms. The highest BCUT2D eigenvalue weighted by molar-refractivity contribution is 5.91. The smallest absolute Gasteiger partial charge is 0.338 e. The maximum Gasteiger partial charge on any atom is 0.338 e. The van der Waals surface area contributed by atoms with Gasteiger partial charge in [-0.2, -0.15) is 0 Å². The number of aliphatic carboxylic acids is 2. The number of halogens is 1. The molecule has 0 aliphatic heterocycles. The van der Waals surface area contributed by atoms with Gasteiger partial charge in [-0.05, 0) is 12.2 Å². The van der Waals surface area contributed by atoms with E-state index in [0.29, 0.717) is 0 Å². The number of carbonyl (C=O) groups is 2. The Balaban J connectivity index is 4.75. The van der Waals surface area contributed by atoms with E-state index in [0.717, 1.165) is 18.2 Å². The van der Waals surface area contributed by atoms with Crippen molar-refractivity contribution >= 4 is 11.9 Å². The standard InChI is InChI=1S/C10H9FO4/c1-6(9(12)13)4-3-5-8(7(2)11)10(14)15/h3-5H,1-2H2,(H,12,13)(H,14,15)/b4-3-,8-5+. The number of hydrogen-bond donors (Lipinski definition) is 2. The third-order valence-electron chi connectivity index (χ3n) is 1.36. The fraction of sp³-hybridized carbons (Fsp3) is 0. The lowest BCUT2D eigenvalue weighted by molar-refractivity contribution is -0.133. The van der Waals surface area contributed by atoms with Gasteiger partial charge < -0.3 is 10.2 Å². The third-order valence-corrected chi connectivity index (χ3v) is 1.36. The minimum Gasteiger partial charge on any atom is -0.478 e. The van der Waals surface area contributed by atoms with Crippen LogP contribution < -0.4 is 0 Å². The maximum absolute atomic E-state index is 12.5. The van der Waals surface area contributed by atoms with Gasteiger partial charge in [0.1, 0.15) is 5.83 Å². The first-order chi connectivity index (χ1) is 6.86. The van der Waals surface area contributed by atoms with Crippen molar-refractivity contribution < 1.29 is 24.2 Å². The van der Waals surface area contributed by atoms with Crippen molar-refractivity contribution in [3.63, 3.8) is 0 Å². The summed E-state index contributed by atoms with van der Waals surface area (Å²) in [6, 6.07) is 0. The van der Waals surface area contributed by atoms with Crippen LogP contribution in [0, 0.1) is 0 Å². The summed E-state index contributed by atoms with van der Waals surface area (Å²) in [4.78, 5) is 20.7. The van der Waals surface area contributed by atoms with E-state index in [1.807, 2.05) is 0 Å². The minimum atomic E-state index is -1.48. The van der Waals surface area contributed by atoms with Gasteiger partial charge in [0.05, 0.1) is 11.1 Å². The Hall–Kier alpha value is -2.17. The Kier molecular flexibility index (Phi) is 4.74. The molecule has 0 heterocycles. The predicted octanol–water partition coefficient (Wildman–Crippen LogP) is 1.68. The van der Waals surface area contributed by atoms with Gasteiger partial charge in [0.25, 0.3) is 0 Å². The second-order valence-electron chi connectivity index (χ2n) is 2.48. The first-order valence-corrected chi connectivity index (χ1v) is 3.75. The molecule has 0 bridgehead atoms. The van der Waals surface area contributed by atoms with Gasteiger partial charge in [0.15, 0.2) is 0 Å². The normalized spacial score (nSPS) is 11.4. The van der Waals surface area contributed by atoms with Crippen molar-refractivity contribution in [1.82, 2.24) is 0 Å². The lowest BCUT2D eigenvalue weighted by atomic mass is 10.2. The lowest BCUT2D eigenvalue weighted by Crippen LogP contribution is -2.00. The molecule has 0 aliphatic rings. The Morgan fingerprint density at radius 3 is 2.00 bits per heavy atom. The summed E-state index contributed by atoms with van der Waals surface area (Å²) >= 11 is 0. The van der Waals surface area contributed by atoms with Gasteiger partial charge in [0, 0.05) is 0 Å². The van der Waals surface area contributed by atoms with Gasteiger partial charge in [-0.15, -0.1) is 0 Å². The Morgan fingerprint density at radius 1 is 1.13 bits per heavy atom. The SMILES string of the molecule is C=C(/C=C\C=C(/C(=C)F)C(=O)O)C(=O)O. The molecule has 0 saturated carbocycles. The van der Waals surface area contributed by atoms with Crippen LogP contribution in [-0.4, -0.2) is 22.2 Å². The predicted molar refractivity (Wildman–Crippen MR) is 51.9 cm³/mol. The minimum absolute atomic E-state index is 0.236. The average molecular weight is 212 g/mol. The third kappa shape index (κ3) is 4.56. The molecule has 0 saturated heterocycles. The van der Waals surface area contributed by atoms with Crippen molar-refractivity contribution in [2.75, 3.05) is 0 Å². The van der Waals surface area contributed by atoms with Crippen LogP contribution >= 0.6 is 0 Å². The molecule has 0 fully saturated rings. The van der Waals surface area contributed by atoms with E-state index in [9.17, 15) is 14.0 Å². The van der Waals surface area contributed by atoms with Crippen LogP contribution in [0.1, 0.15) is 0 Å². The number of carboxylic acids is 2. The zero-order valence-electron chi connectivity index (χ0n) is 7.74. The van der Waals surface area contributed by atoms with Crippen molar-refractivity contribution in [3.05, 3.63) is 48.4 Å². The summed E-state index contributed by atoms with van der Waals surface area (Å²) in [5, 5.41) is 16.9. The van der Waals surface area contributed by atoms with Gasteiger partial charge in [-0.3, -0.25) is 0 Å². The number of rotatable bonds is 5. The summed E-state index contributed by atoms with van der Waals surface area (Å²) < 4.78 is 12.5. The molecule has 0 aromatic heterocycles. The topological polar surface area (TPSA) is 74.6 Å². The van der Waals surface area contributed by atoms with Gasteiger partial charge >= 0.3 is 11.9 Å². The molecule has 0 aliphatic carbocycles. The van der Waals surface area contributed by atoms with Crippen LogP contribution in [0.5, 0.6) is 0 Å². The molecule has 0 amide bonds. The van der Waals surface area contributed by atoms with Crippen LogP contribution in [0.4, 0.5) is 4.39 Å². The van der Waals surface area contributed by atoms with E-state index in [-0.39, 0.29) is 5.57 Å². The highest BCUT2D eigenvalue weighted by Crippen LogP contribution is 2.09. The molecule has 5 heteroatoms. The Bertz CT molecular complexity index is 361. The summed E-state index contributed by atoms with van der Waals surface area (Å²) in [5.41, 5.74) is -0.870. The summed E-state index contributed by atoms with van der Waals surface area (Å²) in [6.07, 6.45) is 3.03. The van der Waals surface area contributed by atoms with Crippen molar-refractivity contribution in [2.24, 2.45) is 0 Å². The van der Waals surface area contributed by atoms with E-state index < -0.39 is 23.3 Å². The van der Waals surface area contributed by atoms with Crippen LogP contribution in [0.25, 0.3) is 0 Å². The van der Waals surface area contributed by atoms with E-state index in [1.54, 1.807) is 0 Å². The zero-order valence-corrected chi connectivity index (χ0v) is 7.74. The van der Waals surface area contributed by atoms with Crippen molar-refractivity contribution in [3.8, 4) is 0 Å². The Labute approximate surface area is 85.3 Å². The van der Waals surface area contributed by atoms with E-state index >= 15 is 0 Å². The molecule has 80 valence electrons. The van der Waals surface area contributed by atoms with Gasteiger partial charge in [0.2, 0.25) is 0 Å². The molecule has 0 rings (SSSR count). The quantitative estimate of drug-likeness (QED) is 0.537. The molecular formula is C10H9FO4. The molecule has 0 aromatic carbocycles. The van der Waals surface area contributed by atoms with Crippen LogP contribution in [0.2, 0.25) is 0 Å². The van der Waals surface area contributed by atoms with Crippen molar-refractivity contribution in [1.29, 1.82) is 0 Å². The van der Waals surface area contributed by atoms with Gasteiger partial charge in [-0.1, -0.05) is 19.2 Å². The monoisotopic (exact) mass is 212 g/mol. The number of allylic oxidation sites excluding steroid dienone is 2. The molecule has 2 N–H and O–H groups in total. The first kappa shape index (κ1) is 12.8. The maximum atomic E-state index is 12.5. The molecule has 0 unspecified atom stereocenters. The number of hydrogen-bond acceptors (Lipinski definition) is 2. The lowest BCUT2D eigenvalue weighted by Gasteiger charge is -1.94. The largest absolute Gasteiger partial charge is 0.478 e. The summed E-state index contributed by atoms with van der Waals surface area (Å²) in [5.74, 6) is -3.82. The highest BCUT2D eigenvalue weighted by atomic mass is 19.1. The molecule has 0 atom stereocenters. The molecule has 4 nitrogen and oxygen atoms in total. The average Bonchev–Trinajstić information content (AvgIpc) is 2.10. The summed E-state index contributed by atoms with van der Waals surface area (Å²) in [6.45, 7) is 5.98. The number of carboxylic acid groups (broad SMARTS) is 2. The molecule has 0 aromatic rings. The second kappa shape index (κ2) is 5.54. The van der Waals surface area contributed by atoms with Crippen LogP contribution in [-0.2, 0) is 9.59 Å². The van der Waals surface area contributed by atoms with Crippen LogP contribution in [0.3, 0.4) is 0 Å². The first-order valence-electron chi connectivity index (χ1n) is 3.75. The van der Waals surface area contributed by atoms with E-state index in [1.165, 1.54) is 0 Å². The zero-order chi connectivity index (χ0) is 12.0. The van der Waals surface area contributed by atoms with E-state index in [4.69, 9.17) is 10.2 Å². The van der Waals surface area contributed by atoms with Gasteiger partial charge in [-0.25, -0.2) is 14.0 Å².